The fourth-order valence-corrected chi connectivity index (χ4v) is 3.45. The quantitative estimate of drug-likeness (QED) is 0.844. The summed E-state index contributed by atoms with van der Waals surface area (Å²) in [6.07, 6.45) is 1.75. The third kappa shape index (κ3) is 2.97. The normalized spacial score (nSPS) is 29.3. The lowest BCUT2D eigenvalue weighted by atomic mass is 9.73. The molecule has 1 fully saturated rings. The van der Waals surface area contributed by atoms with Crippen LogP contribution in [0.3, 0.4) is 0 Å². The number of aliphatic hydroxyl groups is 1. The Morgan fingerprint density at radius 3 is 2.26 bits per heavy atom. The van der Waals surface area contributed by atoms with Crippen LogP contribution in [-0.4, -0.2) is 5.11 Å². The summed E-state index contributed by atoms with van der Waals surface area (Å²) in [5.74, 6) is -0.289. The van der Waals surface area contributed by atoms with E-state index >= 15 is 0 Å². The van der Waals surface area contributed by atoms with Crippen molar-refractivity contribution in [2.45, 2.75) is 46.1 Å². The van der Waals surface area contributed by atoms with Crippen LogP contribution >= 0.6 is 0 Å². The standard InChI is InChI=1S/C16H22F2O/c1-9-6-10(2)8-12(7-9)16(19)14-13(17)5-4-11(3)15(14)18/h4-5,9-10,12,16,19H,6-8H2,1-3H3. The average molecular weight is 268 g/mol. The zero-order valence-electron chi connectivity index (χ0n) is 11.8. The summed E-state index contributed by atoms with van der Waals surface area (Å²) in [4.78, 5) is 0. The number of aliphatic hydroxyl groups excluding tert-OH is 1. The average Bonchev–Trinajstić information content (AvgIpc) is 2.33. The van der Waals surface area contributed by atoms with Crippen LogP contribution in [0, 0.1) is 36.3 Å². The Labute approximate surface area is 113 Å². The molecule has 1 aromatic carbocycles. The molecule has 1 aliphatic rings. The molecule has 0 saturated heterocycles. The van der Waals surface area contributed by atoms with Gasteiger partial charge in [-0.05, 0) is 55.6 Å². The van der Waals surface area contributed by atoms with Gasteiger partial charge < -0.3 is 5.11 Å². The van der Waals surface area contributed by atoms with Crippen LogP contribution in [0.1, 0.15) is 50.3 Å². The molecule has 106 valence electrons. The van der Waals surface area contributed by atoms with E-state index in [1.165, 1.54) is 12.1 Å². The van der Waals surface area contributed by atoms with E-state index in [4.69, 9.17) is 0 Å². The lowest BCUT2D eigenvalue weighted by Gasteiger charge is -2.34. The predicted molar refractivity (Wildman–Crippen MR) is 71.7 cm³/mol. The Morgan fingerprint density at radius 1 is 1.11 bits per heavy atom. The highest BCUT2D eigenvalue weighted by Gasteiger charge is 2.32. The number of hydrogen-bond donors (Lipinski definition) is 1. The summed E-state index contributed by atoms with van der Waals surface area (Å²) < 4.78 is 27.9. The molecule has 0 radical (unpaired) electrons. The molecule has 1 aromatic rings. The third-order valence-corrected chi connectivity index (χ3v) is 4.28. The number of hydrogen-bond acceptors (Lipinski definition) is 1. The first-order valence-electron chi connectivity index (χ1n) is 7.02. The summed E-state index contributed by atoms with van der Waals surface area (Å²) in [7, 11) is 0. The maximum absolute atomic E-state index is 14.1. The van der Waals surface area contributed by atoms with Crippen LogP contribution in [0.5, 0.6) is 0 Å². The van der Waals surface area contributed by atoms with Gasteiger partial charge in [0.25, 0.3) is 0 Å². The van der Waals surface area contributed by atoms with Crippen LogP contribution in [0.25, 0.3) is 0 Å². The monoisotopic (exact) mass is 268 g/mol. The molecule has 0 bridgehead atoms. The second-order valence-electron chi connectivity index (χ2n) is 6.21. The van der Waals surface area contributed by atoms with Crippen molar-refractivity contribution in [1.82, 2.24) is 0 Å². The fourth-order valence-electron chi connectivity index (χ4n) is 3.45. The van der Waals surface area contributed by atoms with Crippen LogP contribution < -0.4 is 0 Å². The van der Waals surface area contributed by atoms with E-state index in [0.29, 0.717) is 17.4 Å². The summed E-state index contributed by atoms with van der Waals surface area (Å²) in [5, 5.41) is 10.4. The van der Waals surface area contributed by atoms with Crippen molar-refractivity contribution in [1.29, 1.82) is 0 Å². The van der Waals surface area contributed by atoms with Crippen molar-refractivity contribution in [3.63, 3.8) is 0 Å². The van der Waals surface area contributed by atoms with Gasteiger partial charge in [0, 0.05) is 0 Å². The van der Waals surface area contributed by atoms with Crippen LogP contribution in [-0.2, 0) is 0 Å². The van der Waals surface area contributed by atoms with Crippen molar-refractivity contribution in [3.05, 3.63) is 34.9 Å². The minimum atomic E-state index is -1.04. The molecule has 2 rings (SSSR count). The molecular weight excluding hydrogens is 246 g/mol. The van der Waals surface area contributed by atoms with Crippen molar-refractivity contribution < 1.29 is 13.9 Å². The topological polar surface area (TPSA) is 20.2 Å². The summed E-state index contributed by atoms with van der Waals surface area (Å²) in [5.41, 5.74) is 0.235. The first kappa shape index (κ1) is 14.4. The Balaban J connectivity index is 2.29. The molecule has 3 atom stereocenters. The van der Waals surface area contributed by atoms with Crippen molar-refractivity contribution in [2.24, 2.45) is 17.8 Å². The third-order valence-electron chi connectivity index (χ3n) is 4.28. The Kier molecular flexibility index (Phi) is 4.24. The minimum absolute atomic E-state index is 0.0513. The highest BCUT2D eigenvalue weighted by atomic mass is 19.1. The van der Waals surface area contributed by atoms with E-state index in [1.54, 1.807) is 6.92 Å². The smallest absolute Gasteiger partial charge is 0.134 e. The van der Waals surface area contributed by atoms with Crippen LogP contribution in [0.2, 0.25) is 0 Å². The van der Waals surface area contributed by atoms with E-state index in [9.17, 15) is 13.9 Å². The molecule has 0 aromatic heterocycles. The minimum Gasteiger partial charge on any atom is -0.388 e. The molecule has 1 nitrogen and oxygen atoms in total. The second kappa shape index (κ2) is 5.58. The van der Waals surface area contributed by atoms with Gasteiger partial charge in [0.15, 0.2) is 0 Å². The molecule has 3 heteroatoms. The van der Waals surface area contributed by atoms with Crippen LogP contribution in [0.4, 0.5) is 8.78 Å². The predicted octanol–water partition coefficient (Wildman–Crippen LogP) is 4.38. The Morgan fingerprint density at radius 2 is 1.68 bits per heavy atom. The highest BCUT2D eigenvalue weighted by molar-refractivity contribution is 5.28. The summed E-state index contributed by atoms with van der Waals surface area (Å²) in [6.45, 7) is 5.87. The molecule has 0 heterocycles. The summed E-state index contributed by atoms with van der Waals surface area (Å²) >= 11 is 0. The van der Waals surface area contributed by atoms with E-state index in [2.05, 4.69) is 13.8 Å². The fraction of sp³-hybridized carbons (Fsp3) is 0.625. The van der Waals surface area contributed by atoms with Crippen molar-refractivity contribution in [3.8, 4) is 0 Å². The summed E-state index contributed by atoms with van der Waals surface area (Å²) in [6, 6.07) is 2.65. The van der Waals surface area contributed by atoms with E-state index in [-0.39, 0.29) is 11.5 Å². The zero-order chi connectivity index (χ0) is 14.2. The van der Waals surface area contributed by atoms with Gasteiger partial charge in [-0.1, -0.05) is 19.9 Å². The molecule has 1 saturated carbocycles. The van der Waals surface area contributed by atoms with E-state index in [1.807, 2.05) is 0 Å². The lowest BCUT2D eigenvalue weighted by molar-refractivity contribution is 0.0498. The number of rotatable bonds is 2. The van der Waals surface area contributed by atoms with Gasteiger partial charge in [0.05, 0.1) is 11.7 Å². The van der Waals surface area contributed by atoms with Gasteiger partial charge in [-0.2, -0.15) is 0 Å². The lowest BCUT2D eigenvalue weighted by Crippen LogP contribution is -2.26. The molecule has 1 aliphatic carbocycles. The van der Waals surface area contributed by atoms with Gasteiger partial charge in [0.2, 0.25) is 0 Å². The van der Waals surface area contributed by atoms with Crippen molar-refractivity contribution in [2.75, 3.05) is 0 Å². The van der Waals surface area contributed by atoms with Crippen LogP contribution in [0.15, 0.2) is 12.1 Å². The first-order chi connectivity index (χ1) is 8.90. The van der Waals surface area contributed by atoms with Gasteiger partial charge in [-0.3, -0.25) is 0 Å². The van der Waals surface area contributed by atoms with E-state index in [0.717, 1.165) is 19.3 Å². The van der Waals surface area contributed by atoms with Gasteiger partial charge in [-0.15, -0.1) is 0 Å². The van der Waals surface area contributed by atoms with Gasteiger partial charge in [-0.25, -0.2) is 8.78 Å². The maximum Gasteiger partial charge on any atom is 0.134 e. The zero-order valence-corrected chi connectivity index (χ0v) is 11.8. The molecule has 0 amide bonds. The first-order valence-corrected chi connectivity index (χ1v) is 7.02. The molecular formula is C16H22F2O. The number of benzene rings is 1. The Bertz CT molecular complexity index is 448. The van der Waals surface area contributed by atoms with E-state index < -0.39 is 17.7 Å². The largest absolute Gasteiger partial charge is 0.388 e. The Hall–Kier alpha value is -0.960. The van der Waals surface area contributed by atoms with Gasteiger partial charge in [0.1, 0.15) is 11.6 Å². The molecule has 19 heavy (non-hydrogen) atoms. The van der Waals surface area contributed by atoms with Gasteiger partial charge >= 0.3 is 0 Å². The number of halogens is 2. The van der Waals surface area contributed by atoms with Crippen molar-refractivity contribution >= 4 is 0 Å². The number of aryl methyl sites for hydroxylation is 1. The maximum atomic E-state index is 14.1. The molecule has 0 aliphatic heterocycles. The molecule has 1 N–H and O–H groups in total. The molecule has 0 spiro atoms. The SMILES string of the molecule is Cc1ccc(F)c(C(O)C2CC(C)CC(C)C2)c1F. The molecule has 3 unspecified atom stereocenters. The second-order valence-corrected chi connectivity index (χ2v) is 6.21. The highest BCUT2D eigenvalue weighted by Crippen LogP contribution is 2.41.